The van der Waals surface area contributed by atoms with Crippen LogP contribution in [0, 0.1) is 11.6 Å². The first-order valence-electron chi connectivity index (χ1n) is 4.77. The van der Waals surface area contributed by atoms with Gasteiger partial charge in [-0.1, -0.05) is 13.3 Å². The molecule has 1 aromatic rings. The van der Waals surface area contributed by atoms with Gasteiger partial charge in [0.25, 0.3) is 0 Å². The lowest BCUT2D eigenvalue weighted by molar-refractivity contribution is 0.404. The Hall–Kier alpha value is -0.830. The Morgan fingerprint density at radius 2 is 1.87 bits per heavy atom. The third-order valence-electron chi connectivity index (χ3n) is 2.14. The van der Waals surface area contributed by atoms with Gasteiger partial charge in [-0.2, -0.15) is 0 Å². The molecule has 0 bridgehead atoms. The molecule has 1 rings (SSSR count). The summed E-state index contributed by atoms with van der Waals surface area (Å²) in [5.74, 6) is -1.14. The van der Waals surface area contributed by atoms with Crippen LogP contribution in [-0.4, -0.2) is 7.11 Å². The van der Waals surface area contributed by atoms with Crippen LogP contribution in [0.3, 0.4) is 0 Å². The molecule has 0 fully saturated rings. The molecule has 1 aromatic carbocycles. The molecule has 0 saturated heterocycles. The van der Waals surface area contributed by atoms with E-state index in [0.29, 0.717) is 6.42 Å². The molecule has 0 N–H and O–H groups in total. The highest BCUT2D eigenvalue weighted by atomic mass is 35.5. The molecule has 1 nitrogen and oxygen atoms in total. The van der Waals surface area contributed by atoms with E-state index in [-0.39, 0.29) is 11.3 Å². The molecule has 0 saturated carbocycles. The predicted molar refractivity (Wildman–Crippen MR) is 56.4 cm³/mol. The summed E-state index contributed by atoms with van der Waals surface area (Å²) in [6.45, 7) is 1.91. The van der Waals surface area contributed by atoms with E-state index in [0.717, 1.165) is 18.6 Å². The third kappa shape index (κ3) is 2.81. The molecule has 0 spiro atoms. The van der Waals surface area contributed by atoms with Gasteiger partial charge in [0.15, 0.2) is 0 Å². The van der Waals surface area contributed by atoms with Gasteiger partial charge in [-0.3, -0.25) is 0 Å². The van der Waals surface area contributed by atoms with E-state index in [1.54, 1.807) is 0 Å². The number of benzene rings is 1. The minimum Gasteiger partial charge on any atom is -0.497 e. The fourth-order valence-electron chi connectivity index (χ4n) is 1.38. The van der Waals surface area contributed by atoms with E-state index in [1.807, 2.05) is 6.92 Å². The van der Waals surface area contributed by atoms with Crippen molar-refractivity contribution in [1.82, 2.24) is 0 Å². The van der Waals surface area contributed by atoms with Crippen molar-refractivity contribution in [3.8, 4) is 5.75 Å². The molecule has 0 heterocycles. The summed E-state index contributed by atoms with van der Waals surface area (Å²) in [5, 5.41) is -0.624. The van der Waals surface area contributed by atoms with Gasteiger partial charge >= 0.3 is 0 Å². The summed E-state index contributed by atoms with van der Waals surface area (Å²) in [6.07, 6.45) is 1.32. The maximum atomic E-state index is 13.5. The number of hydrogen-bond acceptors (Lipinski definition) is 1. The molecule has 84 valence electrons. The lowest BCUT2D eigenvalue weighted by atomic mass is 10.1. The van der Waals surface area contributed by atoms with E-state index in [2.05, 4.69) is 0 Å². The number of ether oxygens (including phenoxy) is 1. The minimum absolute atomic E-state index is 0.0701. The molecular weight excluding hydrogens is 222 g/mol. The summed E-state index contributed by atoms with van der Waals surface area (Å²) in [4.78, 5) is 0. The molecule has 0 aliphatic carbocycles. The Morgan fingerprint density at radius 3 is 2.27 bits per heavy atom. The number of methoxy groups -OCH3 is 1. The summed E-state index contributed by atoms with van der Waals surface area (Å²) in [7, 11) is 1.36. The molecule has 0 radical (unpaired) electrons. The zero-order valence-corrected chi connectivity index (χ0v) is 9.44. The second kappa shape index (κ2) is 5.31. The van der Waals surface area contributed by atoms with E-state index < -0.39 is 17.0 Å². The van der Waals surface area contributed by atoms with Crippen LogP contribution in [0.4, 0.5) is 8.78 Å². The van der Waals surface area contributed by atoms with Crippen LogP contribution in [0.15, 0.2) is 12.1 Å². The van der Waals surface area contributed by atoms with Crippen LogP contribution in [0.25, 0.3) is 0 Å². The largest absolute Gasteiger partial charge is 0.497 e. The monoisotopic (exact) mass is 234 g/mol. The fourth-order valence-corrected chi connectivity index (χ4v) is 1.80. The summed E-state index contributed by atoms with van der Waals surface area (Å²) >= 11 is 5.89. The van der Waals surface area contributed by atoms with Gasteiger partial charge in [0.05, 0.1) is 12.5 Å². The Labute approximate surface area is 93.0 Å². The Balaban J connectivity index is 3.07. The Bertz CT molecular complexity index is 318. The molecule has 0 aliphatic rings. The molecule has 4 heteroatoms. The van der Waals surface area contributed by atoms with Crippen molar-refractivity contribution in [3.05, 3.63) is 29.3 Å². The molecule has 1 atom stereocenters. The lowest BCUT2D eigenvalue weighted by Crippen LogP contribution is -2.00. The van der Waals surface area contributed by atoms with Crippen molar-refractivity contribution in [3.63, 3.8) is 0 Å². The minimum atomic E-state index is -0.653. The standard InChI is InChI=1S/C11H13ClF2O/c1-3-4-8(12)11-9(13)5-7(15-2)6-10(11)14/h5-6,8H,3-4H2,1-2H3. The second-order valence-electron chi connectivity index (χ2n) is 3.26. The van der Waals surface area contributed by atoms with Crippen molar-refractivity contribution in [1.29, 1.82) is 0 Å². The van der Waals surface area contributed by atoms with Gasteiger partial charge in [-0.15, -0.1) is 11.6 Å². The van der Waals surface area contributed by atoms with Crippen LogP contribution >= 0.6 is 11.6 Å². The van der Waals surface area contributed by atoms with E-state index >= 15 is 0 Å². The smallest absolute Gasteiger partial charge is 0.134 e. The van der Waals surface area contributed by atoms with E-state index in [9.17, 15) is 8.78 Å². The van der Waals surface area contributed by atoms with Crippen LogP contribution < -0.4 is 4.74 Å². The van der Waals surface area contributed by atoms with Crippen molar-refractivity contribution in [2.45, 2.75) is 25.1 Å². The molecule has 0 aromatic heterocycles. The van der Waals surface area contributed by atoms with Crippen LogP contribution in [0.2, 0.25) is 0 Å². The van der Waals surface area contributed by atoms with Crippen molar-refractivity contribution < 1.29 is 13.5 Å². The fraction of sp³-hybridized carbons (Fsp3) is 0.455. The van der Waals surface area contributed by atoms with Crippen LogP contribution in [-0.2, 0) is 0 Å². The average Bonchev–Trinajstić information content (AvgIpc) is 2.16. The van der Waals surface area contributed by atoms with Gasteiger partial charge in [0, 0.05) is 17.7 Å². The summed E-state index contributed by atoms with van der Waals surface area (Å²) < 4.78 is 31.7. The van der Waals surface area contributed by atoms with Gasteiger partial charge in [0.1, 0.15) is 17.4 Å². The summed E-state index contributed by atoms with van der Waals surface area (Å²) in [6, 6.07) is 2.28. The first-order valence-corrected chi connectivity index (χ1v) is 5.20. The highest BCUT2D eigenvalue weighted by molar-refractivity contribution is 6.20. The SMILES string of the molecule is CCCC(Cl)c1c(F)cc(OC)cc1F. The maximum Gasteiger partial charge on any atom is 0.134 e. The van der Waals surface area contributed by atoms with E-state index in [4.69, 9.17) is 16.3 Å². The normalized spacial score (nSPS) is 12.6. The number of rotatable bonds is 4. The van der Waals surface area contributed by atoms with Gasteiger partial charge in [0.2, 0.25) is 0 Å². The topological polar surface area (TPSA) is 9.23 Å². The molecular formula is C11H13ClF2O. The molecule has 15 heavy (non-hydrogen) atoms. The quantitative estimate of drug-likeness (QED) is 0.714. The summed E-state index contributed by atoms with van der Waals surface area (Å²) in [5.41, 5.74) is -0.0701. The Morgan fingerprint density at radius 1 is 1.33 bits per heavy atom. The molecule has 0 aliphatic heterocycles. The predicted octanol–water partition coefficient (Wildman–Crippen LogP) is 4.05. The number of halogens is 3. The van der Waals surface area contributed by atoms with Crippen LogP contribution in [0.1, 0.15) is 30.7 Å². The first kappa shape index (κ1) is 12.2. The van der Waals surface area contributed by atoms with Crippen molar-refractivity contribution >= 4 is 11.6 Å². The maximum absolute atomic E-state index is 13.5. The van der Waals surface area contributed by atoms with Crippen LogP contribution in [0.5, 0.6) is 5.75 Å². The highest BCUT2D eigenvalue weighted by Crippen LogP contribution is 2.32. The van der Waals surface area contributed by atoms with Gasteiger partial charge < -0.3 is 4.74 Å². The molecule has 1 unspecified atom stereocenters. The van der Waals surface area contributed by atoms with Crippen molar-refractivity contribution in [2.24, 2.45) is 0 Å². The molecule has 0 amide bonds. The van der Waals surface area contributed by atoms with Gasteiger partial charge in [-0.05, 0) is 6.42 Å². The first-order chi connectivity index (χ1) is 7.10. The Kier molecular flexibility index (Phi) is 4.33. The average molecular weight is 235 g/mol. The zero-order chi connectivity index (χ0) is 11.4. The second-order valence-corrected chi connectivity index (χ2v) is 3.79. The number of alkyl halides is 1. The van der Waals surface area contributed by atoms with Crippen molar-refractivity contribution in [2.75, 3.05) is 7.11 Å². The highest BCUT2D eigenvalue weighted by Gasteiger charge is 2.18. The van der Waals surface area contributed by atoms with E-state index in [1.165, 1.54) is 7.11 Å². The lowest BCUT2D eigenvalue weighted by Gasteiger charge is -2.12. The van der Waals surface area contributed by atoms with Gasteiger partial charge in [-0.25, -0.2) is 8.78 Å². The number of hydrogen-bond donors (Lipinski definition) is 0. The third-order valence-corrected chi connectivity index (χ3v) is 2.58. The zero-order valence-electron chi connectivity index (χ0n) is 8.69.